The van der Waals surface area contributed by atoms with Crippen LogP contribution in [0.4, 0.5) is 0 Å². The van der Waals surface area contributed by atoms with E-state index in [1.165, 1.54) is 0 Å². The van der Waals surface area contributed by atoms with Crippen molar-refractivity contribution < 1.29 is 43.5 Å². The molecule has 0 aromatic carbocycles. The van der Waals surface area contributed by atoms with Gasteiger partial charge in [0.15, 0.2) is 11.7 Å². The van der Waals surface area contributed by atoms with Crippen molar-refractivity contribution in [1.29, 1.82) is 0 Å². The highest BCUT2D eigenvalue weighted by Crippen LogP contribution is 2.78. The zero-order valence-electron chi connectivity index (χ0n) is 19.3. The van der Waals surface area contributed by atoms with Gasteiger partial charge < -0.3 is 29.2 Å². The van der Waals surface area contributed by atoms with Crippen LogP contribution in [0.2, 0.25) is 0 Å². The highest BCUT2D eigenvalue weighted by Gasteiger charge is 2.95. The minimum absolute atomic E-state index is 0.105. The maximum absolute atomic E-state index is 12.7. The van der Waals surface area contributed by atoms with Crippen molar-refractivity contribution in [2.75, 3.05) is 6.61 Å². The Bertz CT molecular complexity index is 1040. The molecule has 1 spiro atoms. The van der Waals surface area contributed by atoms with Gasteiger partial charge in [-0.2, -0.15) is 0 Å². The van der Waals surface area contributed by atoms with Crippen molar-refractivity contribution in [3.05, 3.63) is 11.1 Å². The summed E-state index contributed by atoms with van der Waals surface area (Å²) in [5, 5.41) is 20.8. The average molecular weight is 497 g/mol. The summed E-state index contributed by atoms with van der Waals surface area (Å²) in [4.78, 5) is 36.0. The number of rotatable bonds is 5. The molecular formula is C24H29ClO9. The first-order valence-corrected chi connectivity index (χ1v) is 12.4. The lowest BCUT2D eigenvalue weighted by molar-refractivity contribution is -0.217. The van der Waals surface area contributed by atoms with Crippen LogP contribution in [0.15, 0.2) is 11.1 Å². The minimum atomic E-state index is -1.65. The first-order chi connectivity index (χ1) is 15.9. The van der Waals surface area contributed by atoms with Gasteiger partial charge in [0.05, 0.1) is 24.3 Å². The molecule has 34 heavy (non-hydrogen) atoms. The van der Waals surface area contributed by atoms with Crippen molar-refractivity contribution in [3.63, 3.8) is 0 Å². The van der Waals surface area contributed by atoms with Crippen LogP contribution in [-0.2, 0) is 33.3 Å². The predicted molar refractivity (Wildman–Crippen MR) is 115 cm³/mol. The molecule has 6 rings (SSSR count). The number of hydrogen-bond donors (Lipinski definition) is 2. The summed E-state index contributed by atoms with van der Waals surface area (Å²) in [6.45, 7) is 6.10. The number of carboxylic acids is 1. The first kappa shape index (κ1) is 22.8. The number of alkyl halides is 1. The van der Waals surface area contributed by atoms with Crippen LogP contribution in [0.25, 0.3) is 0 Å². The Kier molecular flexibility index (Phi) is 4.52. The Morgan fingerprint density at radius 1 is 1.26 bits per heavy atom. The fourth-order valence-corrected chi connectivity index (χ4v) is 8.70. The number of hydrogen-bond acceptors (Lipinski definition) is 8. The molecule has 186 valence electrons. The van der Waals surface area contributed by atoms with Gasteiger partial charge in [-0.3, -0.25) is 9.59 Å². The number of ether oxygens (including phenoxy) is 4. The standard InChI is InChI=1S/C24H29ClO9/c1-10(2)22-17(25)18-24(34-18)21(3)7-6-11-12(9-31-19(11)29)13(21)8-14(33-22)23(24,30)20(22)32-16(28)5-4-15(26)27/h10,13-14,17-18,20,30H,4-9H2,1-3H3,(H,26,27)/t13-,14+,17+,18+,20+,21-,22+,23+,24+/m0/s1. The number of fused-ring (bicyclic) bond motifs is 3. The lowest BCUT2D eigenvalue weighted by Crippen LogP contribution is -2.77. The summed E-state index contributed by atoms with van der Waals surface area (Å²) < 4.78 is 24.3. The molecule has 3 heterocycles. The molecule has 0 unspecified atom stereocenters. The molecule has 2 saturated carbocycles. The Morgan fingerprint density at radius 2 is 2.00 bits per heavy atom. The molecule has 9 atom stereocenters. The van der Waals surface area contributed by atoms with Crippen LogP contribution in [0, 0.1) is 17.3 Å². The van der Waals surface area contributed by atoms with E-state index < -0.39 is 57.8 Å². The zero-order chi connectivity index (χ0) is 24.4. The summed E-state index contributed by atoms with van der Waals surface area (Å²) in [6.07, 6.45) is -1.51. The molecule has 2 N–H and O–H groups in total. The number of epoxide rings is 1. The van der Waals surface area contributed by atoms with Crippen LogP contribution in [0.1, 0.15) is 52.9 Å². The Hall–Kier alpha value is -1.68. The molecule has 0 radical (unpaired) electrons. The molecular weight excluding hydrogens is 468 g/mol. The Morgan fingerprint density at radius 3 is 2.68 bits per heavy atom. The highest BCUT2D eigenvalue weighted by atomic mass is 35.5. The van der Waals surface area contributed by atoms with E-state index in [9.17, 15) is 19.5 Å². The third-order valence-electron chi connectivity index (χ3n) is 9.66. The fourth-order valence-electron chi connectivity index (χ4n) is 8.06. The minimum Gasteiger partial charge on any atom is -0.481 e. The molecule has 4 fully saturated rings. The summed E-state index contributed by atoms with van der Waals surface area (Å²) in [7, 11) is 0. The lowest BCUT2D eigenvalue weighted by Gasteiger charge is -2.59. The number of aliphatic carboxylic acids is 1. The average Bonchev–Trinajstić information content (AvgIpc) is 3.38. The molecule has 9 nitrogen and oxygen atoms in total. The normalized spacial score (nSPS) is 49.8. The Labute approximate surface area is 201 Å². The van der Waals surface area contributed by atoms with Gasteiger partial charge in [0.25, 0.3) is 0 Å². The van der Waals surface area contributed by atoms with E-state index in [1.807, 2.05) is 13.8 Å². The lowest BCUT2D eigenvalue weighted by atomic mass is 9.45. The third-order valence-corrected chi connectivity index (χ3v) is 10.2. The van der Waals surface area contributed by atoms with Gasteiger partial charge >= 0.3 is 17.9 Å². The number of halogens is 1. The van der Waals surface area contributed by atoms with Crippen molar-refractivity contribution >= 4 is 29.5 Å². The van der Waals surface area contributed by atoms with Crippen molar-refractivity contribution in [2.24, 2.45) is 17.3 Å². The van der Waals surface area contributed by atoms with Gasteiger partial charge in [-0.15, -0.1) is 11.6 Å². The number of carbonyl (C=O) groups excluding carboxylic acids is 2. The van der Waals surface area contributed by atoms with E-state index in [-0.39, 0.29) is 37.3 Å². The van der Waals surface area contributed by atoms with Gasteiger partial charge in [-0.25, -0.2) is 4.79 Å². The summed E-state index contributed by atoms with van der Waals surface area (Å²) >= 11 is 7.07. The van der Waals surface area contributed by atoms with E-state index in [0.29, 0.717) is 24.8 Å². The van der Waals surface area contributed by atoms with Crippen molar-refractivity contribution in [3.8, 4) is 0 Å². The predicted octanol–water partition coefficient (Wildman–Crippen LogP) is 1.72. The highest BCUT2D eigenvalue weighted by molar-refractivity contribution is 6.22. The van der Waals surface area contributed by atoms with E-state index in [0.717, 1.165) is 5.57 Å². The Balaban J connectivity index is 1.46. The topological polar surface area (TPSA) is 132 Å². The number of carbonyl (C=O) groups is 3. The zero-order valence-corrected chi connectivity index (χ0v) is 20.1. The molecule has 3 aliphatic carbocycles. The second-order valence-corrected chi connectivity index (χ2v) is 11.6. The van der Waals surface area contributed by atoms with Crippen LogP contribution in [-0.4, -0.2) is 75.2 Å². The maximum Gasteiger partial charge on any atom is 0.334 e. The summed E-state index contributed by atoms with van der Waals surface area (Å²) in [6, 6.07) is 0. The quantitative estimate of drug-likeness (QED) is 0.331. The SMILES string of the molecule is CC(C)[C@@]12O[C@@H]3C[C@H]4C5=C(CC[C@]4(C)[C@@]4(O[C@@H]4[C@H]1Cl)[C@]3(O)[C@@H]2OC(=O)CCC(=O)O)C(=O)OC5. The van der Waals surface area contributed by atoms with E-state index >= 15 is 0 Å². The van der Waals surface area contributed by atoms with Gasteiger partial charge in [0.2, 0.25) is 0 Å². The molecule has 0 amide bonds. The van der Waals surface area contributed by atoms with E-state index in [4.69, 9.17) is 35.7 Å². The number of carboxylic acid groups (broad SMARTS) is 1. The van der Waals surface area contributed by atoms with Crippen LogP contribution in [0.3, 0.4) is 0 Å². The van der Waals surface area contributed by atoms with E-state index in [1.54, 1.807) is 0 Å². The molecule has 10 heteroatoms. The third kappa shape index (κ3) is 2.31. The van der Waals surface area contributed by atoms with Gasteiger partial charge in [-0.1, -0.05) is 20.8 Å². The number of aliphatic hydroxyl groups is 1. The van der Waals surface area contributed by atoms with Crippen LogP contribution >= 0.6 is 11.6 Å². The fraction of sp³-hybridized carbons (Fsp3) is 0.792. The second kappa shape index (κ2) is 6.75. The van der Waals surface area contributed by atoms with E-state index in [2.05, 4.69) is 6.92 Å². The van der Waals surface area contributed by atoms with Crippen LogP contribution in [0.5, 0.6) is 0 Å². The number of cyclic esters (lactones) is 1. The number of esters is 2. The molecule has 3 aliphatic heterocycles. The van der Waals surface area contributed by atoms with Gasteiger partial charge in [-0.05, 0) is 36.7 Å². The molecule has 2 bridgehead atoms. The van der Waals surface area contributed by atoms with Crippen LogP contribution < -0.4 is 0 Å². The van der Waals surface area contributed by atoms with Crippen molar-refractivity contribution in [1.82, 2.24) is 0 Å². The van der Waals surface area contributed by atoms with Gasteiger partial charge in [0.1, 0.15) is 23.9 Å². The second-order valence-electron chi connectivity index (χ2n) is 11.2. The molecule has 2 saturated heterocycles. The van der Waals surface area contributed by atoms with Gasteiger partial charge in [0, 0.05) is 11.0 Å². The van der Waals surface area contributed by atoms with Crippen molar-refractivity contribution in [2.45, 2.75) is 93.4 Å². The maximum atomic E-state index is 12.7. The largest absolute Gasteiger partial charge is 0.481 e. The molecule has 6 aliphatic rings. The molecule has 0 aromatic rings. The first-order valence-electron chi connectivity index (χ1n) is 12.0. The summed E-state index contributed by atoms with van der Waals surface area (Å²) in [5.41, 5.74) is -2.88. The smallest absolute Gasteiger partial charge is 0.334 e. The summed E-state index contributed by atoms with van der Waals surface area (Å²) in [5.74, 6) is -2.44. The monoisotopic (exact) mass is 496 g/mol. The molecule has 0 aromatic heterocycles.